The molecule has 156 valence electrons. The number of aliphatic carboxylic acids is 1. The summed E-state index contributed by atoms with van der Waals surface area (Å²) in [5, 5.41) is 8.85. The quantitative estimate of drug-likeness (QED) is 0.692. The molecule has 0 aliphatic heterocycles. The third kappa shape index (κ3) is 4.79. The van der Waals surface area contributed by atoms with E-state index in [1.54, 1.807) is 6.92 Å². The number of carboxylic acids is 1. The maximum atomic E-state index is 10.8. The Labute approximate surface area is 171 Å². The van der Waals surface area contributed by atoms with Gasteiger partial charge in [0.25, 0.3) is 0 Å². The van der Waals surface area contributed by atoms with Crippen molar-refractivity contribution in [3.8, 4) is 0 Å². The van der Waals surface area contributed by atoms with E-state index in [0.29, 0.717) is 16.7 Å². The highest BCUT2D eigenvalue weighted by molar-refractivity contribution is 5.75. The predicted octanol–water partition coefficient (Wildman–Crippen LogP) is 5.77. The fourth-order valence-corrected chi connectivity index (χ4v) is 7.09. The van der Waals surface area contributed by atoms with Gasteiger partial charge in [-0.1, -0.05) is 52.0 Å². The molecule has 3 unspecified atom stereocenters. The number of carbonyl (C=O) groups is 1. The van der Waals surface area contributed by atoms with Gasteiger partial charge in [0.2, 0.25) is 0 Å². The summed E-state index contributed by atoms with van der Waals surface area (Å²) in [6, 6.07) is 7.87. The van der Waals surface area contributed by atoms with E-state index in [4.69, 9.17) is 10.8 Å². The molecule has 4 saturated carbocycles. The maximum absolute atomic E-state index is 10.8. The van der Waals surface area contributed by atoms with Crippen molar-refractivity contribution in [1.82, 2.24) is 0 Å². The summed E-state index contributed by atoms with van der Waals surface area (Å²) < 4.78 is 0. The van der Waals surface area contributed by atoms with Crippen molar-refractivity contribution in [3.05, 3.63) is 35.4 Å². The van der Waals surface area contributed by atoms with Gasteiger partial charge in [0.15, 0.2) is 0 Å². The highest BCUT2D eigenvalue weighted by Gasteiger charge is 2.58. The van der Waals surface area contributed by atoms with Gasteiger partial charge in [-0.2, -0.15) is 0 Å². The molecule has 3 nitrogen and oxygen atoms in total. The molecule has 0 spiro atoms. The normalized spacial score (nSPS) is 36.8. The Morgan fingerprint density at radius 3 is 1.96 bits per heavy atom. The summed E-state index contributed by atoms with van der Waals surface area (Å²) in [5.41, 5.74) is 10.1. The van der Waals surface area contributed by atoms with Crippen LogP contribution in [0.15, 0.2) is 24.3 Å². The van der Waals surface area contributed by atoms with E-state index < -0.39 is 11.9 Å². The van der Waals surface area contributed by atoms with E-state index in [2.05, 4.69) is 27.7 Å². The van der Waals surface area contributed by atoms with E-state index in [9.17, 15) is 4.79 Å². The van der Waals surface area contributed by atoms with E-state index >= 15 is 0 Å². The molecule has 1 aromatic carbocycles. The molecule has 4 aliphatic carbocycles. The van der Waals surface area contributed by atoms with Crippen molar-refractivity contribution in [2.45, 2.75) is 91.0 Å². The predicted molar refractivity (Wildman–Crippen MR) is 115 cm³/mol. The zero-order valence-electron chi connectivity index (χ0n) is 18.4. The van der Waals surface area contributed by atoms with Crippen molar-refractivity contribution in [2.75, 3.05) is 0 Å². The molecule has 0 saturated heterocycles. The van der Waals surface area contributed by atoms with Crippen LogP contribution in [0.4, 0.5) is 0 Å². The van der Waals surface area contributed by atoms with Crippen LogP contribution in [0.1, 0.15) is 90.2 Å². The van der Waals surface area contributed by atoms with Gasteiger partial charge in [-0.3, -0.25) is 4.79 Å². The Bertz CT molecular complexity index is 657. The topological polar surface area (TPSA) is 63.3 Å². The van der Waals surface area contributed by atoms with Crippen LogP contribution in [-0.4, -0.2) is 16.6 Å². The summed E-state index contributed by atoms with van der Waals surface area (Å²) in [6.45, 7) is 11.0. The minimum atomic E-state index is -0.772. The molecule has 5 rings (SSSR count). The van der Waals surface area contributed by atoms with Crippen LogP contribution in [0.25, 0.3) is 0 Å². The first-order valence-corrected chi connectivity index (χ1v) is 11.0. The fourth-order valence-electron chi connectivity index (χ4n) is 7.09. The Morgan fingerprint density at radius 2 is 1.57 bits per heavy atom. The molecule has 28 heavy (non-hydrogen) atoms. The first-order chi connectivity index (χ1) is 12.9. The SMILES string of the molecule is CC(C)Cc1ccc(C(C)C(=O)O)cc1.CC12CC3CC(C)(C1)CC(N)(C3)C2. The molecule has 0 radical (unpaired) electrons. The number of benzene rings is 1. The third-order valence-corrected chi connectivity index (χ3v) is 7.16. The smallest absolute Gasteiger partial charge is 0.310 e. The van der Waals surface area contributed by atoms with Crippen LogP contribution in [0.2, 0.25) is 0 Å². The van der Waals surface area contributed by atoms with Gasteiger partial charge in [-0.15, -0.1) is 0 Å². The van der Waals surface area contributed by atoms with Crippen LogP contribution in [0.3, 0.4) is 0 Å². The van der Waals surface area contributed by atoms with Gasteiger partial charge in [0.1, 0.15) is 0 Å². The molecule has 0 aromatic heterocycles. The molecule has 3 atom stereocenters. The van der Waals surface area contributed by atoms with Crippen molar-refractivity contribution in [2.24, 2.45) is 28.4 Å². The Hall–Kier alpha value is -1.35. The molecule has 0 amide bonds. The van der Waals surface area contributed by atoms with Crippen LogP contribution in [0.5, 0.6) is 0 Å². The lowest BCUT2D eigenvalue weighted by molar-refractivity contribution is -0.138. The monoisotopic (exact) mass is 385 g/mol. The molecular weight excluding hydrogens is 346 g/mol. The van der Waals surface area contributed by atoms with Crippen LogP contribution in [0, 0.1) is 22.7 Å². The average molecular weight is 386 g/mol. The minimum Gasteiger partial charge on any atom is -0.481 e. The summed E-state index contributed by atoms with van der Waals surface area (Å²) in [5.74, 6) is 0.397. The third-order valence-electron chi connectivity index (χ3n) is 7.16. The van der Waals surface area contributed by atoms with E-state index in [-0.39, 0.29) is 5.54 Å². The van der Waals surface area contributed by atoms with Gasteiger partial charge in [-0.05, 0) is 85.7 Å². The van der Waals surface area contributed by atoms with Crippen molar-refractivity contribution in [1.29, 1.82) is 0 Å². The highest BCUT2D eigenvalue weighted by Crippen LogP contribution is 2.65. The second-order valence-electron chi connectivity index (χ2n) is 11.4. The van der Waals surface area contributed by atoms with Gasteiger partial charge in [-0.25, -0.2) is 0 Å². The fraction of sp³-hybridized carbons (Fsp3) is 0.720. The van der Waals surface area contributed by atoms with Crippen molar-refractivity contribution < 1.29 is 9.90 Å². The molecule has 3 N–H and O–H groups in total. The number of hydrogen-bond acceptors (Lipinski definition) is 2. The van der Waals surface area contributed by atoms with E-state index in [0.717, 1.165) is 17.9 Å². The zero-order chi connectivity index (χ0) is 20.7. The average Bonchev–Trinajstić information content (AvgIpc) is 2.50. The lowest BCUT2D eigenvalue weighted by Crippen LogP contribution is -2.62. The Morgan fingerprint density at radius 1 is 1.04 bits per heavy atom. The number of carboxylic acid groups (broad SMARTS) is 1. The first-order valence-electron chi connectivity index (χ1n) is 11.0. The molecule has 4 bridgehead atoms. The summed E-state index contributed by atoms with van der Waals surface area (Å²) in [4.78, 5) is 10.8. The largest absolute Gasteiger partial charge is 0.481 e. The Kier molecular flexibility index (Phi) is 5.71. The second-order valence-corrected chi connectivity index (χ2v) is 11.4. The number of nitrogens with two attached hydrogens (primary N) is 1. The molecule has 4 aliphatic rings. The second kappa shape index (κ2) is 7.48. The molecule has 3 heteroatoms. The van der Waals surface area contributed by atoms with Gasteiger partial charge in [0, 0.05) is 5.54 Å². The highest BCUT2D eigenvalue weighted by atomic mass is 16.4. The van der Waals surface area contributed by atoms with Crippen LogP contribution >= 0.6 is 0 Å². The summed E-state index contributed by atoms with van der Waals surface area (Å²) >= 11 is 0. The molecule has 0 heterocycles. The molecule has 4 fully saturated rings. The lowest BCUT2D eigenvalue weighted by atomic mass is 9.43. The standard InChI is InChI=1S/C13H18O2.C12H21N/c1-9(2)8-11-4-6-12(7-5-11)10(3)13(14)15;1-10-3-9-4-11(2,6-10)8-12(13,5-9)7-10/h4-7,9-10H,8H2,1-3H3,(H,14,15);9H,3-8,13H2,1-2H3. The number of hydrogen-bond donors (Lipinski definition) is 2. The molecular formula is C25H39NO2. The van der Waals surface area contributed by atoms with E-state index in [1.165, 1.54) is 44.1 Å². The van der Waals surface area contributed by atoms with Crippen LogP contribution in [-0.2, 0) is 11.2 Å². The summed E-state index contributed by atoms with van der Waals surface area (Å²) in [6.07, 6.45) is 9.32. The zero-order valence-corrected chi connectivity index (χ0v) is 18.4. The summed E-state index contributed by atoms with van der Waals surface area (Å²) in [7, 11) is 0. The van der Waals surface area contributed by atoms with Crippen molar-refractivity contribution in [3.63, 3.8) is 0 Å². The maximum Gasteiger partial charge on any atom is 0.310 e. The van der Waals surface area contributed by atoms with Gasteiger partial charge in [0.05, 0.1) is 5.92 Å². The van der Waals surface area contributed by atoms with Gasteiger partial charge < -0.3 is 10.8 Å². The minimum absolute atomic E-state index is 0.225. The lowest BCUT2D eigenvalue weighted by Gasteiger charge is -2.64. The van der Waals surface area contributed by atoms with E-state index in [1.807, 2.05) is 24.3 Å². The van der Waals surface area contributed by atoms with Gasteiger partial charge >= 0.3 is 5.97 Å². The molecule has 1 aromatic rings. The first kappa shape index (κ1) is 21.4. The number of rotatable bonds is 4. The van der Waals surface area contributed by atoms with Crippen LogP contribution < -0.4 is 5.73 Å². The Balaban J connectivity index is 0.000000162. The van der Waals surface area contributed by atoms with Crippen molar-refractivity contribution >= 4 is 5.97 Å².